The summed E-state index contributed by atoms with van der Waals surface area (Å²) in [5.41, 5.74) is 2.50. The van der Waals surface area contributed by atoms with Crippen LogP contribution in [0.25, 0.3) is 0 Å². The molecule has 0 saturated carbocycles. The van der Waals surface area contributed by atoms with Gasteiger partial charge in [0.15, 0.2) is 11.5 Å². The Hall–Kier alpha value is -3.47. The van der Waals surface area contributed by atoms with Crippen LogP contribution in [0.15, 0.2) is 59.5 Å². The third kappa shape index (κ3) is 8.37. The molecule has 1 atom stereocenters. The van der Waals surface area contributed by atoms with Crippen LogP contribution in [-0.4, -0.2) is 58.5 Å². The van der Waals surface area contributed by atoms with Gasteiger partial charge in [0.05, 0.1) is 24.8 Å². The van der Waals surface area contributed by atoms with Crippen LogP contribution in [0.5, 0.6) is 11.5 Å². The lowest BCUT2D eigenvalue weighted by molar-refractivity contribution is -0.140. The number of rotatable bonds is 14. The zero-order chi connectivity index (χ0) is 32.6. The largest absolute Gasteiger partial charge is 0.493 e. The summed E-state index contributed by atoms with van der Waals surface area (Å²) in [5.74, 6) is -0.348. The summed E-state index contributed by atoms with van der Waals surface area (Å²) in [7, 11) is -1.46. The van der Waals surface area contributed by atoms with Crippen LogP contribution in [0, 0.1) is 13.8 Å². The van der Waals surface area contributed by atoms with Crippen LogP contribution in [0.4, 0.5) is 5.69 Å². The Morgan fingerprint density at radius 3 is 2.14 bits per heavy atom. The zero-order valence-electron chi connectivity index (χ0n) is 25.8. The maximum atomic E-state index is 14.3. The van der Waals surface area contributed by atoms with Gasteiger partial charge in [-0.15, -0.1) is 0 Å². The van der Waals surface area contributed by atoms with Crippen molar-refractivity contribution < 1.29 is 27.5 Å². The van der Waals surface area contributed by atoms with E-state index in [1.54, 1.807) is 37.3 Å². The monoisotopic (exact) mass is 663 g/mol. The average molecular weight is 665 g/mol. The Labute approximate surface area is 270 Å². The van der Waals surface area contributed by atoms with Crippen molar-refractivity contribution in [3.05, 3.63) is 81.3 Å². The van der Waals surface area contributed by atoms with Gasteiger partial charge in [0.25, 0.3) is 10.0 Å². The molecule has 1 N–H and O–H groups in total. The predicted octanol–water partition coefficient (Wildman–Crippen LogP) is 6.16. The van der Waals surface area contributed by atoms with E-state index in [4.69, 9.17) is 32.7 Å². The molecule has 3 rings (SSSR count). The van der Waals surface area contributed by atoms with Crippen molar-refractivity contribution in [1.82, 2.24) is 10.2 Å². The van der Waals surface area contributed by atoms with Crippen LogP contribution >= 0.6 is 23.2 Å². The molecule has 0 aliphatic heterocycles. The van der Waals surface area contributed by atoms with Crippen LogP contribution in [0.1, 0.15) is 43.4 Å². The highest BCUT2D eigenvalue weighted by atomic mass is 35.5. The Morgan fingerprint density at radius 2 is 1.57 bits per heavy atom. The van der Waals surface area contributed by atoms with E-state index in [2.05, 4.69) is 5.32 Å². The van der Waals surface area contributed by atoms with Gasteiger partial charge in [0, 0.05) is 29.2 Å². The summed E-state index contributed by atoms with van der Waals surface area (Å²) in [6, 6.07) is 13.6. The normalized spacial score (nSPS) is 11.9. The summed E-state index contributed by atoms with van der Waals surface area (Å²) < 4.78 is 40.3. The number of anilines is 1. The fourth-order valence-corrected chi connectivity index (χ4v) is 6.73. The maximum Gasteiger partial charge on any atom is 0.264 e. The maximum absolute atomic E-state index is 14.3. The summed E-state index contributed by atoms with van der Waals surface area (Å²) in [4.78, 5) is 28.9. The quantitative estimate of drug-likeness (QED) is 0.222. The first-order valence-electron chi connectivity index (χ1n) is 14.2. The van der Waals surface area contributed by atoms with Crippen molar-refractivity contribution in [3.63, 3.8) is 0 Å². The van der Waals surface area contributed by atoms with Crippen molar-refractivity contribution in [2.24, 2.45) is 0 Å². The number of ether oxygens (including phenoxy) is 2. The molecule has 3 aromatic rings. The van der Waals surface area contributed by atoms with Gasteiger partial charge >= 0.3 is 0 Å². The molecule has 0 bridgehead atoms. The van der Waals surface area contributed by atoms with Gasteiger partial charge in [-0.05, 0) is 79.8 Å². The van der Waals surface area contributed by atoms with E-state index in [9.17, 15) is 18.0 Å². The molecule has 0 aliphatic carbocycles. The standard InChI is InChI=1S/C32H39Cl2N3O6S/c1-7-13-35-32(39)28(8-2)36(19-23-9-10-24(33)17-27(23)34)31(38)20-37(25-15-21(3)14-22(4)16-25)44(40,41)26-11-12-29(42-5)30(18-26)43-6/h9-12,14-18,28H,7-8,13,19-20H2,1-6H3,(H,35,39)/t28-/m1/s1. The minimum Gasteiger partial charge on any atom is -0.493 e. The van der Waals surface area contributed by atoms with Crippen LogP contribution < -0.4 is 19.1 Å². The summed E-state index contributed by atoms with van der Waals surface area (Å²) in [6.45, 7) is 7.23. The number of carbonyl (C=O) groups excluding carboxylic acids is 2. The first-order chi connectivity index (χ1) is 20.9. The summed E-state index contributed by atoms with van der Waals surface area (Å²) in [5, 5.41) is 3.61. The van der Waals surface area contributed by atoms with E-state index < -0.39 is 28.5 Å². The molecule has 3 aromatic carbocycles. The molecule has 0 unspecified atom stereocenters. The molecule has 0 aromatic heterocycles. The molecule has 0 spiro atoms. The van der Waals surface area contributed by atoms with Gasteiger partial charge in [0.2, 0.25) is 11.8 Å². The summed E-state index contributed by atoms with van der Waals surface area (Å²) >= 11 is 12.6. The number of hydrogen-bond acceptors (Lipinski definition) is 6. The minimum absolute atomic E-state index is 0.0377. The van der Waals surface area contributed by atoms with Gasteiger partial charge in [0.1, 0.15) is 12.6 Å². The first kappa shape index (κ1) is 35.0. The third-order valence-electron chi connectivity index (χ3n) is 7.01. The number of hydrogen-bond donors (Lipinski definition) is 1. The molecule has 9 nitrogen and oxygen atoms in total. The van der Waals surface area contributed by atoms with E-state index in [1.165, 1.54) is 37.3 Å². The molecule has 12 heteroatoms. The van der Waals surface area contributed by atoms with Crippen molar-refractivity contribution in [3.8, 4) is 11.5 Å². The molecule has 238 valence electrons. The van der Waals surface area contributed by atoms with Crippen molar-refractivity contribution in [2.45, 2.75) is 58.0 Å². The smallest absolute Gasteiger partial charge is 0.264 e. The van der Waals surface area contributed by atoms with Crippen LogP contribution in [0.2, 0.25) is 10.0 Å². The van der Waals surface area contributed by atoms with Crippen LogP contribution in [0.3, 0.4) is 0 Å². The number of sulfonamides is 1. The molecule has 0 aliphatic rings. The molecular weight excluding hydrogens is 625 g/mol. The minimum atomic E-state index is -4.32. The topological polar surface area (TPSA) is 105 Å². The van der Waals surface area contributed by atoms with Gasteiger partial charge in [-0.25, -0.2) is 8.42 Å². The van der Waals surface area contributed by atoms with Gasteiger partial charge in [-0.2, -0.15) is 0 Å². The number of benzene rings is 3. The molecular formula is C32H39Cl2N3O6S. The lowest BCUT2D eigenvalue weighted by Gasteiger charge is -2.33. The molecule has 0 fully saturated rings. The Bertz CT molecular complexity index is 1580. The molecule has 0 radical (unpaired) electrons. The highest BCUT2D eigenvalue weighted by Crippen LogP contribution is 2.33. The van der Waals surface area contributed by atoms with E-state index in [1.807, 2.05) is 26.8 Å². The van der Waals surface area contributed by atoms with Gasteiger partial charge in [-0.1, -0.05) is 49.2 Å². The number of nitrogens with zero attached hydrogens (tertiary/aromatic N) is 2. The number of halogens is 2. The van der Waals surface area contributed by atoms with E-state index in [0.717, 1.165) is 15.4 Å². The van der Waals surface area contributed by atoms with Crippen molar-refractivity contribution in [1.29, 1.82) is 0 Å². The SMILES string of the molecule is CCCNC(=O)[C@@H](CC)N(Cc1ccc(Cl)cc1Cl)C(=O)CN(c1cc(C)cc(C)c1)S(=O)(=O)c1ccc(OC)c(OC)c1. The predicted molar refractivity (Wildman–Crippen MR) is 174 cm³/mol. The van der Waals surface area contributed by atoms with E-state index >= 15 is 0 Å². The Morgan fingerprint density at radius 1 is 0.909 bits per heavy atom. The number of carbonyl (C=O) groups is 2. The third-order valence-corrected chi connectivity index (χ3v) is 9.36. The van der Waals surface area contributed by atoms with Crippen LogP contribution in [-0.2, 0) is 26.2 Å². The second-order valence-corrected chi connectivity index (χ2v) is 13.1. The molecule has 0 saturated heterocycles. The van der Waals surface area contributed by atoms with E-state index in [0.29, 0.717) is 46.4 Å². The fraction of sp³-hybridized carbons (Fsp3) is 0.375. The molecule has 0 heterocycles. The number of methoxy groups -OCH3 is 2. The second-order valence-electron chi connectivity index (χ2n) is 10.3. The summed E-state index contributed by atoms with van der Waals surface area (Å²) in [6.07, 6.45) is 1.00. The highest BCUT2D eigenvalue weighted by molar-refractivity contribution is 7.92. The first-order valence-corrected chi connectivity index (χ1v) is 16.4. The Balaban J connectivity index is 2.15. The number of aryl methyl sites for hydroxylation is 2. The van der Waals surface area contributed by atoms with Crippen molar-refractivity contribution in [2.75, 3.05) is 31.6 Å². The second kappa shape index (κ2) is 15.5. The number of nitrogens with one attached hydrogen (secondary N) is 1. The zero-order valence-corrected chi connectivity index (χ0v) is 28.1. The Kier molecular flexibility index (Phi) is 12.3. The highest BCUT2D eigenvalue weighted by Gasteiger charge is 2.34. The average Bonchev–Trinajstić information content (AvgIpc) is 2.98. The molecule has 2 amide bonds. The fourth-order valence-electron chi connectivity index (χ4n) is 4.85. The lowest BCUT2D eigenvalue weighted by atomic mass is 10.1. The number of amides is 2. The van der Waals surface area contributed by atoms with E-state index in [-0.39, 0.29) is 23.1 Å². The molecule has 44 heavy (non-hydrogen) atoms. The van der Waals surface area contributed by atoms with Crippen molar-refractivity contribution >= 4 is 50.7 Å². The lowest BCUT2D eigenvalue weighted by Crippen LogP contribution is -2.52. The van der Waals surface area contributed by atoms with Gasteiger partial charge < -0.3 is 19.7 Å². The van der Waals surface area contributed by atoms with Gasteiger partial charge in [-0.3, -0.25) is 13.9 Å².